The summed E-state index contributed by atoms with van der Waals surface area (Å²) in [6.45, 7) is 7.14. The predicted molar refractivity (Wildman–Crippen MR) is 80.9 cm³/mol. The van der Waals surface area contributed by atoms with Crippen LogP contribution in [0.2, 0.25) is 0 Å². The van der Waals surface area contributed by atoms with Gasteiger partial charge in [-0.3, -0.25) is 10.1 Å². The summed E-state index contributed by atoms with van der Waals surface area (Å²) in [5.74, 6) is 0. The number of nitro groups is 1. The summed E-state index contributed by atoms with van der Waals surface area (Å²) >= 11 is 0. The SMILES string of the molecule is CCNCCCNS(=O)(=O)c1cc(C)c(C)cc1[N+](=O)[O-]. The third-order valence-electron chi connectivity index (χ3n) is 3.13. The number of nitro benzene ring substituents is 1. The largest absolute Gasteiger partial charge is 0.317 e. The Labute approximate surface area is 124 Å². The van der Waals surface area contributed by atoms with E-state index in [9.17, 15) is 18.5 Å². The molecule has 8 heteroatoms. The van der Waals surface area contributed by atoms with Crippen molar-refractivity contribution in [3.63, 3.8) is 0 Å². The van der Waals surface area contributed by atoms with Crippen molar-refractivity contribution in [2.75, 3.05) is 19.6 Å². The first kappa shape index (κ1) is 17.5. The highest BCUT2D eigenvalue weighted by Crippen LogP contribution is 2.27. The van der Waals surface area contributed by atoms with Crippen molar-refractivity contribution >= 4 is 15.7 Å². The lowest BCUT2D eigenvalue weighted by Gasteiger charge is -2.09. The van der Waals surface area contributed by atoms with Crippen LogP contribution in [-0.2, 0) is 10.0 Å². The quantitative estimate of drug-likeness (QED) is 0.430. The molecule has 0 fully saturated rings. The zero-order valence-corrected chi connectivity index (χ0v) is 13.3. The number of benzene rings is 1. The fourth-order valence-corrected chi connectivity index (χ4v) is 3.12. The van der Waals surface area contributed by atoms with Gasteiger partial charge in [0, 0.05) is 12.6 Å². The van der Waals surface area contributed by atoms with Gasteiger partial charge in [-0.15, -0.1) is 0 Å². The lowest BCUT2D eigenvalue weighted by molar-refractivity contribution is -0.387. The lowest BCUT2D eigenvalue weighted by Crippen LogP contribution is -2.28. The Bertz CT molecular complexity index is 614. The molecule has 1 aromatic carbocycles. The smallest absolute Gasteiger partial charge is 0.289 e. The van der Waals surface area contributed by atoms with Gasteiger partial charge in [0.05, 0.1) is 4.92 Å². The number of nitrogens with one attached hydrogen (secondary N) is 2. The van der Waals surface area contributed by atoms with Crippen LogP contribution in [-0.4, -0.2) is 33.0 Å². The van der Waals surface area contributed by atoms with Gasteiger partial charge in [0.2, 0.25) is 10.0 Å². The molecule has 0 saturated carbocycles. The van der Waals surface area contributed by atoms with Gasteiger partial charge >= 0.3 is 0 Å². The van der Waals surface area contributed by atoms with Crippen LogP contribution < -0.4 is 10.0 Å². The molecule has 0 bridgehead atoms. The lowest BCUT2D eigenvalue weighted by atomic mass is 10.1. The molecular weight excluding hydrogens is 294 g/mol. The van der Waals surface area contributed by atoms with Gasteiger partial charge < -0.3 is 5.32 Å². The molecule has 0 aliphatic heterocycles. The second-order valence-electron chi connectivity index (χ2n) is 4.77. The summed E-state index contributed by atoms with van der Waals surface area (Å²) in [4.78, 5) is 10.1. The first-order valence-electron chi connectivity index (χ1n) is 6.75. The van der Waals surface area contributed by atoms with Gasteiger partial charge in [0.25, 0.3) is 5.69 Å². The molecule has 0 radical (unpaired) electrons. The molecule has 0 heterocycles. The third kappa shape index (κ3) is 4.76. The normalized spacial score (nSPS) is 11.6. The molecule has 2 N–H and O–H groups in total. The molecular formula is C13H21N3O4S. The fourth-order valence-electron chi connectivity index (χ4n) is 1.81. The molecule has 0 amide bonds. The van der Waals surface area contributed by atoms with E-state index < -0.39 is 20.6 Å². The van der Waals surface area contributed by atoms with E-state index in [1.165, 1.54) is 12.1 Å². The average molecular weight is 315 g/mol. The maximum absolute atomic E-state index is 12.2. The molecule has 118 valence electrons. The van der Waals surface area contributed by atoms with Crippen molar-refractivity contribution in [1.82, 2.24) is 10.0 Å². The van der Waals surface area contributed by atoms with Gasteiger partial charge in [0.15, 0.2) is 4.90 Å². The predicted octanol–water partition coefficient (Wildman–Crippen LogP) is 1.49. The average Bonchev–Trinajstić information content (AvgIpc) is 2.40. The first-order valence-corrected chi connectivity index (χ1v) is 8.24. The van der Waals surface area contributed by atoms with Crippen LogP contribution in [0, 0.1) is 24.0 Å². The van der Waals surface area contributed by atoms with E-state index in [0.717, 1.165) is 6.54 Å². The van der Waals surface area contributed by atoms with Crippen LogP contribution in [0.3, 0.4) is 0 Å². The van der Waals surface area contributed by atoms with Crippen LogP contribution >= 0.6 is 0 Å². The standard InChI is InChI=1S/C13H21N3O4S/c1-4-14-6-5-7-15-21(19,20)13-9-11(3)10(2)8-12(13)16(17)18/h8-9,14-15H,4-7H2,1-3H3. The first-order chi connectivity index (χ1) is 9.79. The highest BCUT2D eigenvalue weighted by atomic mass is 32.2. The number of nitrogens with zero attached hydrogens (tertiary/aromatic N) is 1. The zero-order valence-electron chi connectivity index (χ0n) is 12.5. The molecule has 0 saturated heterocycles. The number of aryl methyl sites for hydroxylation is 2. The minimum absolute atomic E-state index is 0.236. The van der Waals surface area contributed by atoms with E-state index in [1.807, 2.05) is 6.92 Å². The van der Waals surface area contributed by atoms with E-state index in [1.54, 1.807) is 13.8 Å². The van der Waals surface area contributed by atoms with Crippen LogP contribution in [0.4, 0.5) is 5.69 Å². The summed E-state index contributed by atoms with van der Waals surface area (Å²) in [5, 5.41) is 14.1. The van der Waals surface area contributed by atoms with Gasteiger partial charge in [-0.25, -0.2) is 13.1 Å². The maximum Gasteiger partial charge on any atom is 0.289 e. The summed E-state index contributed by atoms with van der Waals surface area (Å²) in [6, 6.07) is 2.64. The monoisotopic (exact) mass is 315 g/mol. The second-order valence-corrected chi connectivity index (χ2v) is 6.50. The van der Waals surface area contributed by atoms with E-state index in [-0.39, 0.29) is 11.4 Å². The Balaban J connectivity index is 2.97. The van der Waals surface area contributed by atoms with Crippen LogP contribution in [0.25, 0.3) is 0 Å². The molecule has 0 aliphatic carbocycles. The van der Waals surface area contributed by atoms with Gasteiger partial charge in [-0.1, -0.05) is 6.92 Å². The van der Waals surface area contributed by atoms with E-state index in [4.69, 9.17) is 0 Å². The molecule has 1 rings (SSSR count). The van der Waals surface area contributed by atoms with Crippen LogP contribution in [0.5, 0.6) is 0 Å². The summed E-state index contributed by atoms with van der Waals surface area (Å²) in [6.07, 6.45) is 0.617. The van der Waals surface area contributed by atoms with Crippen molar-refractivity contribution in [3.8, 4) is 0 Å². The van der Waals surface area contributed by atoms with Crippen molar-refractivity contribution in [1.29, 1.82) is 0 Å². The zero-order chi connectivity index (χ0) is 16.0. The van der Waals surface area contributed by atoms with E-state index in [2.05, 4.69) is 10.0 Å². The number of rotatable bonds is 8. The van der Waals surface area contributed by atoms with Crippen molar-refractivity contribution < 1.29 is 13.3 Å². The Hall–Kier alpha value is -1.51. The van der Waals surface area contributed by atoms with E-state index >= 15 is 0 Å². The minimum atomic E-state index is -3.88. The number of hydrogen-bond donors (Lipinski definition) is 2. The van der Waals surface area contributed by atoms with Crippen molar-refractivity contribution in [2.24, 2.45) is 0 Å². The Kier molecular flexibility index (Phi) is 6.25. The van der Waals surface area contributed by atoms with Crippen LogP contribution in [0.1, 0.15) is 24.5 Å². The molecule has 21 heavy (non-hydrogen) atoms. The minimum Gasteiger partial charge on any atom is -0.317 e. The topological polar surface area (TPSA) is 101 Å². The Morgan fingerprint density at radius 1 is 1.19 bits per heavy atom. The summed E-state index contributed by atoms with van der Waals surface area (Å²) in [5.41, 5.74) is 0.999. The van der Waals surface area contributed by atoms with Gasteiger partial charge in [-0.2, -0.15) is 0 Å². The third-order valence-corrected chi connectivity index (χ3v) is 4.62. The molecule has 0 spiro atoms. The van der Waals surface area contributed by atoms with Gasteiger partial charge in [-0.05, 0) is 50.6 Å². The van der Waals surface area contributed by atoms with Crippen molar-refractivity contribution in [3.05, 3.63) is 33.4 Å². The van der Waals surface area contributed by atoms with Gasteiger partial charge in [0.1, 0.15) is 0 Å². The molecule has 0 unspecified atom stereocenters. The molecule has 7 nitrogen and oxygen atoms in total. The highest BCUT2D eigenvalue weighted by Gasteiger charge is 2.26. The van der Waals surface area contributed by atoms with E-state index in [0.29, 0.717) is 24.1 Å². The Morgan fingerprint density at radius 3 is 2.38 bits per heavy atom. The van der Waals surface area contributed by atoms with Crippen LogP contribution in [0.15, 0.2) is 17.0 Å². The molecule has 1 aromatic rings. The van der Waals surface area contributed by atoms with Crippen molar-refractivity contribution in [2.45, 2.75) is 32.1 Å². The molecule has 0 atom stereocenters. The highest BCUT2D eigenvalue weighted by molar-refractivity contribution is 7.89. The second kappa shape index (κ2) is 7.48. The fraction of sp³-hybridized carbons (Fsp3) is 0.538. The molecule has 0 aliphatic rings. The number of hydrogen-bond acceptors (Lipinski definition) is 5. The summed E-state index contributed by atoms with van der Waals surface area (Å²) in [7, 11) is -3.88. The number of sulfonamides is 1. The Morgan fingerprint density at radius 2 is 1.81 bits per heavy atom. The molecule has 0 aromatic heterocycles. The summed E-state index contributed by atoms with van der Waals surface area (Å²) < 4.78 is 26.8. The maximum atomic E-state index is 12.2.